The van der Waals surface area contributed by atoms with Gasteiger partial charge in [-0.25, -0.2) is 0 Å². The Bertz CT molecular complexity index is 1050. The van der Waals surface area contributed by atoms with Crippen molar-refractivity contribution in [2.45, 2.75) is 5.92 Å². The molecule has 3 aromatic carbocycles. The van der Waals surface area contributed by atoms with Gasteiger partial charge in [-0.3, -0.25) is 0 Å². The molecule has 1 aliphatic rings. The van der Waals surface area contributed by atoms with Gasteiger partial charge in [-0.05, 0) is 40.5 Å². The molecular formula is C23H19NO3. The summed E-state index contributed by atoms with van der Waals surface area (Å²) >= 11 is 0. The van der Waals surface area contributed by atoms with Gasteiger partial charge in [0.25, 0.3) is 0 Å². The Kier molecular flexibility index (Phi) is 4.21. The summed E-state index contributed by atoms with van der Waals surface area (Å²) < 4.78 is 17.0. The SMILES string of the molecule is COc1cc2c(c(OC)c1OC)C(c1ccc(C#N)cc1)c1ccccc1-2. The summed E-state index contributed by atoms with van der Waals surface area (Å²) in [5.41, 5.74) is 6.23. The molecule has 3 aromatic rings. The molecule has 134 valence electrons. The highest BCUT2D eigenvalue weighted by molar-refractivity contribution is 5.86. The van der Waals surface area contributed by atoms with Crippen LogP contribution in [0.5, 0.6) is 17.2 Å². The van der Waals surface area contributed by atoms with E-state index in [1.54, 1.807) is 21.3 Å². The topological polar surface area (TPSA) is 51.5 Å². The number of rotatable bonds is 4. The van der Waals surface area contributed by atoms with E-state index in [1.807, 2.05) is 42.5 Å². The third-order valence-electron chi connectivity index (χ3n) is 5.09. The zero-order valence-corrected chi connectivity index (χ0v) is 15.4. The molecule has 1 unspecified atom stereocenters. The fraction of sp³-hybridized carbons (Fsp3) is 0.174. The van der Waals surface area contributed by atoms with Crippen molar-refractivity contribution < 1.29 is 14.2 Å². The highest BCUT2D eigenvalue weighted by Crippen LogP contribution is 2.56. The second-order valence-corrected chi connectivity index (χ2v) is 6.36. The number of nitrogens with zero attached hydrogens (tertiary/aromatic N) is 1. The smallest absolute Gasteiger partial charge is 0.203 e. The fourth-order valence-electron chi connectivity index (χ4n) is 3.93. The molecule has 0 bridgehead atoms. The molecule has 0 fully saturated rings. The van der Waals surface area contributed by atoms with Gasteiger partial charge in [-0.1, -0.05) is 36.4 Å². The largest absolute Gasteiger partial charge is 0.493 e. The van der Waals surface area contributed by atoms with Gasteiger partial charge in [0.15, 0.2) is 11.5 Å². The van der Waals surface area contributed by atoms with E-state index in [2.05, 4.69) is 18.2 Å². The molecule has 4 nitrogen and oxygen atoms in total. The number of fused-ring (bicyclic) bond motifs is 3. The van der Waals surface area contributed by atoms with Crippen molar-refractivity contribution in [2.75, 3.05) is 21.3 Å². The summed E-state index contributed by atoms with van der Waals surface area (Å²) in [6, 6.07) is 20.2. The standard InChI is InChI=1S/C23H19NO3/c1-25-19-12-18-16-6-4-5-7-17(16)20(15-10-8-14(13-24)9-11-15)21(18)23(27-3)22(19)26-2/h4-12,20H,1-3H3. The monoisotopic (exact) mass is 357 g/mol. The van der Waals surface area contributed by atoms with Crippen LogP contribution in [0.4, 0.5) is 0 Å². The van der Waals surface area contributed by atoms with Gasteiger partial charge >= 0.3 is 0 Å². The average molecular weight is 357 g/mol. The lowest BCUT2D eigenvalue weighted by Crippen LogP contribution is -2.04. The molecule has 1 atom stereocenters. The van der Waals surface area contributed by atoms with E-state index in [4.69, 9.17) is 19.5 Å². The number of ether oxygens (including phenoxy) is 3. The lowest BCUT2D eigenvalue weighted by atomic mass is 9.88. The summed E-state index contributed by atoms with van der Waals surface area (Å²) in [5, 5.41) is 9.12. The molecule has 0 aromatic heterocycles. The lowest BCUT2D eigenvalue weighted by Gasteiger charge is -2.20. The van der Waals surface area contributed by atoms with Crippen LogP contribution in [0, 0.1) is 11.3 Å². The maximum atomic E-state index is 9.12. The van der Waals surface area contributed by atoms with Crippen molar-refractivity contribution in [2.24, 2.45) is 0 Å². The molecule has 0 radical (unpaired) electrons. The van der Waals surface area contributed by atoms with Crippen LogP contribution in [0.2, 0.25) is 0 Å². The van der Waals surface area contributed by atoms with E-state index < -0.39 is 0 Å². The molecule has 0 heterocycles. The second-order valence-electron chi connectivity index (χ2n) is 6.36. The zero-order valence-electron chi connectivity index (χ0n) is 15.4. The third kappa shape index (κ3) is 2.51. The van der Waals surface area contributed by atoms with Crippen LogP contribution in [-0.2, 0) is 0 Å². The van der Waals surface area contributed by atoms with Gasteiger partial charge in [0.1, 0.15) is 0 Å². The fourth-order valence-corrected chi connectivity index (χ4v) is 3.93. The predicted molar refractivity (Wildman–Crippen MR) is 104 cm³/mol. The van der Waals surface area contributed by atoms with Crippen molar-refractivity contribution in [3.8, 4) is 34.4 Å². The van der Waals surface area contributed by atoms with Crippen LogP contribution in [0.25, 0.3) is 11.1 Å². The Hall–Kier alpha value is -3.45. The van der Waals surface area contributed by atoms with Crippen molar-refractivity contribution in [1.29, 1.82) is 5.26 Å². The first-order chi connectivity index (χ1) is 13.2. The van der Waals surface area contributed by atoms with E-state index in [0.717, 1.165) is 22.3 Å². The molecule has 27 heavy (non-hydrogen) atoms. The normalized spacial score (nSPS) is 14.1. The first-order valence-corrected chi connectivity index (χ1v) is 8.65. The lowest BCUT2D eigenvalue weighted by molar-refractivity contribution is 0.322. The van der Waals surface area contributed by atoms with Crippen molar-refractivity contribution in [3.05, 3.63) is 76.9 Å². The summed E-state index contributed by atoms with van der Waals surface area (Å²) in [4.78, 5) is 0. The van der Waals surface area contributed by atoms with Gasteiger partial charge in [0.05, 0.1) is 33.0 Å². The minimum Gasteiger partial charge on any atom is -0.493 e. The van der Waals surface area contributed by atoms with Crippen LogP contribution in [-0.4, -0.2) is 21.3 Å². The third-order valence-corrected chi connectivity index (χ3v) is 5.09. The number of nitriles is 1. The average Bonchev–Trinajstić information content (AvgIpc) is 3.06. The van der Waals surface area contributed by atoms with Crippen LogP contribution in [0.1, 0.15) is 28.2 Å². The minimum absolute atomic E-state index is 0.00120. The Morgan fingerprint density at radius 2 is 1.52 bits per heavy atom. The van der Waals surface area contributed by atoms with Crippen molar-refractivity contribution in [1.82, 2.24) is 0 Å². The molecular weight excluding hydrogens is 338 g/mol. The highest BCUT2D eigenvalue weighted by atomic mass is 16.5. The Morgan fingerprint density at radius 3 is 2.15 bits per heavy atom. The van der Waals surface area contributed by atoms with Crippen LogP contribution in [0.3, 0.4) is 0 Å². The summed E-state index contributed by atoms with van der Waals surface area (Å²) in [6.45, 7) is 0. The van der Waals surface area contributed by atoms with Gasteiger partial charge in [-0.2, -0.15) is 5.26 Å². The Balaban J connectivity index is 2.03. The maximum absolute atomic E-state index is 9.12. The maximum Gasteiger partial charge on any atom is 0.203 e. The Morgan fingerprint density at radius 1 is 0.815 bits per heavy atom. The minimum atomic E-state index is -0.00120. The quantitative estimate of drug-likeness (QED) is 0.529. The molecule has 0 aliphatic heterocycles. The van der Waals surface area contributed by atoms with E-state index >= 15 is 0 Å². The van der Waals surface area contributed by atoms with Gasteiger partial charge < -0.3 is 14.2 Å². The molecule has 1 aliphatic carbocycles. The van der Waals surface area contributed by atoms with Gasteiger partial charge in [0.2, 0.25) is 5.75 Å². The van der Waals surface area contributed by atoms with E-state index in [0.29, 0.717) is 22.8 Å². The zero-order chi connectivity index (χ0) is 19.0. The molecule has 0 saturated carbocycles. The van der Waals surface area contributed by atoms with Crippen LogP contribution < -0.4 is 14.2 Å². The van der Waals surface area contributed by atoms with Gasteiger partial charge in [0, 0.05) is 11.5 Å². The van der Waals surface area contributed by atoms with E-state index in [9.17, 15) is 0 Å². The van der Waals surface area contributed by atoms with Crippen molar-refractivity contribution >= 4 is 0 Å². The van der Waals surface area contributed by atoms with Crippen LogP contribution in [0.15, 0.2) is 54.6 Å². The molecule has 4 heteroatoms. The second kappa shape index (κ2) is 6.69. The Labute approximate surface area is 158 Å². The number of hydrogen-bond donors (Lipinski definition) is 0. The molecule has 4 rings (SSSR count). The number of hydrogen-bond acceptors (Lipinski definition) is 4. The van der Waals surface area contributed by atoms with Crippen LogP contribution >= 0.6 is 0 Å². The predicted octanol–water partition coefficient (Wildman–Crippen LogP) is 4.74. The first-order valence-electron chi connectivity index (χ1n) is 8.65. The van der Waals surface area contributed by atoms with E-state index in [-0.39, 0.29) is 5.92 Å². The summed E-state index contributed by atoms with van der Waals surface area (Å²) in [7, 11) is 4.89. The summed E-state index contributed by atoms with van der Waals surface area (Å²) in [5.74, 6) is 1.91. The van der Waals surface area contributed by atoms with Crippen molar-refractivity contribution in [3.63, 3.8) is 0 Å². The summed E-state index contributed by atoms with van der Waals surface area (Å²) in [6.07, 6.45) is 0. The van der Waals surface area contributed by atoms with Gasteiger partial charge in [-0.15, -0.1) is 0 Å². The highest BCUT2D eigenvalue weighted by Gasteiger charge is 2.35. The molecule has 0 N–H and O–H groups in total. The first kappa shape index (κ1) is 17.0. The molecule has 0 saturated heterocycles. The number of benzene rings is 3. The molecule has 0 spiro atoms. The molecule has 0 amide bonds. The van der Waals surface area contributed by atoms with E-state index in [1.165, 1.54) is 5.56 Å². The number of methoxy groups -OCH3 is 3.